The molecule has 0 spiro atoms. The third-order valence-corrected chi connectivity index (χ3v) is 4.13. The topological polar surface area (TPSA) is 50.9 Å². The van der Waals surface area contributed by atoms with E-state index in [9.17, 15) is 0 Å². The smallest absolute Gasteiger partial charge is 0.132 e. The molecule has 1 aromatic rings. The zero-order chi connectivity index (χ0) is 16.3. The van der Waals surface area contributed by atoms with Crippen LogP contribution in [0.15, 0.2) is 41.1 Å². The van der Waals surface area contributed by atoms with Gasteiger partial charge in [-0.25, -0.2) is 0 Å². The van der Waals surface area contributed by atoms with Crippen LogP contribution < -0.4 is 5.73 Å². The Morgan fingerprint density at radius 2 is 2.04 bits per heavy atom. The quantitative estimate of drug-likeness (QED) is 0.592. The first-order valence-electron chi connectivity index (χ1n) is 8.61. The zero-order valence-corrected chi connectivity index (χ0v) is 14.2. The van der Waals surface area contributed by atoms with Gasteiger partial charge in [0.15, 0.2) is 0 Å². The molecule has 1 aromatic carbocycles. The van der Waals surface area contributed by atoms with E-state index >= 15 is 0 Å². The number of hydrogen-bond donors (Lipinski definition) is 1. The predicted molar refractivity (Wildman–Crippen MR) is 96.5 cm³/mol. The molecule has 126 valence electrons. The summed E-state index contributed by atoms with van der Waals surface area (Å²) >= 11 is 0. The van der Waals surface area contributed by atoms with Crippen LogP contribution in [0.2, 0.25) is 0 Å². The summed E-state index contributed by atoms with van der Waals surface area (Å²) in [5, 5.41) is 0. The Kier molecular flexibility index (Phi) is 7.84. The molecule has 0 amide bonds. The van der Waals surface area contributed by atoms with Crippen molar-refractivity contribution in [2.45, 2.75) is 39.3 Å². The lowest BCUT2D eigenvalue weighted by Crippen LogP contribution is -2.32. The minimum atomic E-state index is 0.567. The molecule has 1 aliphatic rings. The van der Waals surface area contributed by atoms with Crippen LogP contribution >= 0.6 is 0 Å². The molecule has 1 heterocycles. The molecular weight excluding hydrogens is 286 g/mol. The standard InChI is InChI=1S/C19H29N3O/c1-2-19(23-12-11-22-9-4-3-5-10-22)16-21-15-18-8-6-7-17(13-18)14-20/h2,6-8,13,16H,3-5,9-12,14-15,20H2,1H3/b19-2+,21-16?. The SMILES string of the molecule is C/C=C(\C=NCc1cccc(CN)c1)OCCN1CCCCC1. The van der Waals surface area contributed by atoms with Crippen LogP contribution in [0.3, 0.4) is 0 Å². The number of ether oxygens (including phenoxy) is 1. The van der Waals surface area contributed by atoms with Crippen molar-refractivity contribution >= 4 is 6.21 Å². The minimum absolute atomic E-state index is 0.567. The van der Waals surface area contributed by atoms with E-state index < -0.39 is 0 Å². The molecule has 0 radical (unpaired) electrons. The Morgan fingerprint density at radius 3 is 2.78 bits per heavy atom. The number of nitrogens with two attached hydrogens (primary N) is 1. The van der Waals surface area contributed by atoms with Gasteiger partial charge in [0.25, 0.3) is 0 Å². The highest BCUT2D eigenvalue weighted by Gasteiger charge is 2.09. The number of aliphatic imine (C=N–C) groups is 1. The number of piperidine rings is 1. The van der Waals surface area contributed by atoms with Gasteiger partial charge >= 0.3 is 0 Å². The molecule has 0 atom stereocenters. The lowest BCUT2D eigenvalue weighted by Gasteiger charge is -2.26. The van der Waals surface area contributed by atoms with Crippen LogP contribution in [0.5, 0.6) is 0 Å². The first kappa shape index (κ1) is 17.7. The average Bonchev–Trinajstić information content (AvgIpc) is 2.61. The van der Waals surface area contributed by atoms with Crippen LogP contribution in [-0.2, 0) is 17.8 Å². The fourth-order valence-corrected chi connectivity index (χ4v) is 2.77. The molecular formula is C19H29N3O. The Morgan fingerprint density at radius 1 is 1.26 bits per heavy atom. The average molecular weight is 315 g/mol. The summed E-state index contributed by atoms with van der Waals surface area (Å²) in [5.41, 5.74) is 7.98. The maximum atomic E-state index is 5.83. The van der Waals surface area contributed by atoms with Crippen molar-refractivity contribution in [2.75, 3.05) is 26.2 Å². The van der Waals surface area contributed by atoms with Gasteiger partial charge in [0.05, 0.1) is 12.8 Å². The van der Waals surface area contributed by atoms with Gasteiger partial charge in [-0.1, -0.05) is 30.7 Å². The number of hydrogen-bond acceptors (Lipinski definition) is 4. The van der Waals surface area contributed by atoms with Crippen molar-refractivity contribution in [3.05, 3.63) is 47.2 Å². The third kappa shape index (κ3) is 6.55. The maximum Gasteiger partial charge on any atom is 0.132 e. The third-order valence-electron chi connectivity index (χ3n) is 4.13. The molecule has 0 bridgehead atoms. The largest absolute Gasteiger partial charge is 0.491 e. The maximum absolute atomic E-state index is 5.83. The van der Waals surface area contributed by atoms with Gasteiger partial charge in [-0.3, -0.25) is 9.89 Å². The highest BCUT2D eigenvalue weighted by molar-refractivity contribution is 5.75. The van der Waals surface area contributed by atoms with E-state index in [4.69, 9.17) is 10.5 Å². The van der Waals surface area contributed by atoms with Gasteiger partial charge < -0.3 is 10.5 Å². The van der Waals surface area contributed by atoms with Crippen LogP contribution in [-0.4, -0.2) is 37.4 Å². The van der Waals surface area contributed by atoms with Crippen molar-refractivity contribution in [2.24, 2.45) is 10.7 Å². The summed E-state index contributed by atoms with van der Waals surface area (Å²) < 4.78 is 5.83. The molecule has 2 N–H and O–H groups in total. The Labute approximate surface area is 140 Å². The number of rotatable bonds is 8. The summed E-state index contributed by atoms with van der Waals surface area (Å²) in [6, 6.07) is 8.24. The van der Waals surface area contributed by atoms with Crippen LogP contribution in [0.25, 0.3) is 0 Å². The molecule has 1 fully saturated rings. The van der Waals surface area contributed by atoms with E-state index in [0.717, 1.165) is 24.5 Å². The molecule has 4 nitrogen and oxygen atoms in total. The molecule has 23 heavy (non-hydrogen) atoms. The van der Waals surface area contributed by atoms with Crippen molar-refractivity contribution < 1.29 is 4.74 Å². The van der Waals surface area contributed by atoms with Gasteiger partial charge in [0.1, 0.15) is 12.4 Å². The second-order valence-electron chi connectivity index (χ2n) is 5.94. The van der Waals surface area contributed by atoms with E-state index in [1.165, 1.54) is 37.9 Å². The lowest BCUT2D eigenvalue weighted by molar-refractivity contribution is 0.152. The van der Waals surface area contributed by atoms with Crippen molar-refractivity contribution in [1.82, 2.24) is 4.90 Å². The normalized spacial score (nSPS) is 16.9. The van der Waals surface area contributed by atoms with Gasteiger partial charge in [0, 0.05) is 13.1 Å². The second kappa shape index (κ2) is 10.2. The molecule has 1 saturated heterocycles. The monoisotopic (exact) mass is 315 g/mol. The molecule has 0 aliphatic carbocycles. The summed E-state index contributed by atoms with van der Waals surface area (Å²) in [6.45, 7) is 7.35. The predicted octanol–water partition coefficient (Wildman–Crippen LogP) is 3.12. The van der Waals surface area contributed by atoms with Crippen molar-refractivity contribution in [3.63, 3.8) is 0 Å². The summed E-state index contributed by atoms with van der Waals surface area (Å²) in [5.74, 6) is 0.844. The molecule has 1 aliphatic heterocycles. The molecule has 2 rings (SSSR count). The van der Waals surface area contributed by atoms with Gasteiger partial charge in [-0.15, -0.1) is 0 Å². The summed E-state index contributed by atoms with van der Waals surface area (Å²) in [6.07, 6.45) is 7.80. The highest BCUT2D eigenvalue weighted by Crippen LogP contribution is 2.09. The van der Waals surface area contributed by atoms with E-state index in [1.54, 1.807) is 0 Å². The van der Waals surface area contributed by atoms with Gasteiger partial charge in [0.2, 0.25) is 0 Å². The van der Waals surface area contributed by atoms with Crippen molar-refractivity contribution in [3.8, 4) is 0 Å². The first-order valence-corrected chi connectivity index (χ1v) is 8.61. The van der Waals surface area contributed by atoms with E-state index in [0.29, 0.717) is 13.1 Å². The van der Waals surface area contributed by atoms with Gasteiger partial charge in [-0.2, -0.15) is 0 Å². The number of benzene rings is 1. The summed E-state index contributed by atoms with van der Waals surface area (Å²) in [7, 11) is 0. The zero-order valence-electron chi connectivity index (χ0n) is 14.2. The summed E-state index contributed by atoms with van der Waals surface area (Å²) in [4.78, 5) is 6.96. The Hall–Kier alpha value is -1.65. The molecule has 0 saturated carbocycles. The fourth-order valence-electron chi connectivity index (χ4n) is 2.77. The Balaban J connectivity index is 1.72. The van der Waals surface area contributed by atoms with Crippen molar-refractivity contribution in [1.29, 1.82) is 0 Å². The van der Waals surface area contributed by atoms with E-state index in [2.05, 4.69) is 22.0 Å². The number of likely N-dealkylation sites (tertiary alicyclic amines) is 1. The molecule has 4 heteroatoms. The first-order chi connectivity index (χ1) is 11.3. The van der Waals surface area contributed by atoms with Crippen LogP contribution in [0, 0.1) is 0 Å². The fraction of sp³-hybridized carbons (Fsp3) is 0.526. The van der Waals surface area contributed by atoms with E-state index in [1.807, 2.05) is 31.3 Å². The Bertz CT molecular complexity index is 519. The number of nitrogens with zero attached hydrogens (tertiary/aromatic N) is 2. The van der Waals surface area contributed by atoms with Crippen LogP contribution in [0.4, 0.5) is 0 Å². The second-order valence-corrected chi connectivity index (χ2v) is 5.94. The van der Waals surface area contributed by atoms with Gasteiger partial charge in [-0.05, 0) is 50.1 Å². The van der Waals surface area contributed by atoms with Crippen LogP contribution in [0.1, 0.15) is 37.3 Å². The lowest BCUT2D eigenvalue weighted by atomic mass is 10.1. The minimum Gasteiger partial charge on any atom is -0.491 e. The number of allylic oxidation sites excluding steroid dienone is 2. The molecule has 0 aromatic heterocycles. The highest BCUT2D eigenvalue weighted by atomic mass is 16.5. The molecule has 0 unspecified atom stereocenters. The van der Waals surface area contributed by atoms with E-state index in [-0.39, 0.29) is 0 Å².